The number of carbonyl (C=O) groups excluding carboxylic acids is 2. The predicted octanol–water partition coefficient (Wildman–Crippen LogP) is 6.15. The number of nitrogens with one attached hydrogen (secondary N) is 1. The molecule has 5 rings (SSSR count). The van der Waals surface area contributed by atoms with Crippen molar-refractivity contribution in [1.82, 2.24) is 9.80 Å². The summed E-state index contributed by atoms with van der Waals surface area (Å²) in [5.74, 6) is 0.754. The van der Waals surface area contributed by atoms with Gasteiger partial charge in [-0.3, -0.25) is 14.5 Å². The second-order valence-electron chi connectivity index (χ2n) is 11.9. The van der Waals surface area contributed by atoms with Crippen LogP contribution in [0.1, 0.15) is 35.3 Å². The minimum absolute atomic E-state index is 0.0311. The predicted molar refractivity (Wildman–Crippen MR) is 176 cm³/mol. The van der Waals surface area contributed by atoms with E-state index >= 15 is 0 Å². The van der Waals surface area contributed by atoms with Gasteiger partial charge in [-0.1, -0.05) is 55.5 Å². The van der Waals surface area contributed by atoms with Crippen LogP contribution in [-0.4, -0.2) is 65.6 Å². The van der Waals surface area contributed by atoms with Crippen molar-refractivity contribution in [2.75, 3.05) is 32.1 Å². The highest BCUT2D eigenvalue weighted by atomic mass is 19.1. The lowest BCUT2D eigenvalue weighted by molar-refractivity contribution is -0.115. The highest BCUT2D eigenvalue weighted by Crippen LogP contribution is 2.35. The summed E-state index contributed by atoms with van der Waals surface area (Å²) in [7, 11) is 2.01. The number of aliphatic hydroxyl groups excluding tert-OH is 1. The van der Waals surface area contributed by atoms with Gasteiger partial charge < -0.3 is 24.8 Å². The average Bonchev–Trinajstić information content (AvgIpc) is 3.05. The molecule has 0 radical (unpaired) electrons. The van der Waals surface area contributed by atoms with Gasteiger partial charge in [0.1, 0.15) is 23.4 Å². The summed E-state index contributed by atoms with van der Waals surface area (Å²) in [6.45, 7) is 5.24. The Morgan fingerprint density at radius 2 is 1.67 bits per heavy atom. The molecule has 4 aromatic rings. The Labute approximate surface area is 269 Å². The lowest BCUT2D eigenvalue weighted by Crippen LogP contribution is -2.49. The first-order valence-electron chi connectivity index (χ1n) is 15.5. The molecule has 1 heterocycles. The maximum atomic E-state index is 13.8. The van der Waals surface area contributed by atoms with E-state index < -0.39 is 6.04 Å². The first-order valence-corrected chi connectivity index (χ1v) is 15.5. The molecule has 0 saturated carbocycles. The number of amides is 2. The number of hydrogen-bond donors (Lipinski definition) is 2. The molecule has 0 saturated heterocycles. The number of halogens is 1. The lowest BCUT2D eigenvalue weighted by atomic mass is 9.98. The fourth-order valence-corrected chi connectivity index (χ4v) is 5.51. The van der Waals surface area contributed by atoms with Crippen LogP contribution in [0.15, 0.2) is 97.1 Å². The number of benzene rings is 4. The Hall–Kier alpha value is -4.73. The van der Waals surface area contributed by atoms with Gasteiger partial charge in [-0.15, -0.1) is 0 Å². The molecule has 240 valence electrons. The third kappa shape index (κ3) is 8.29. The lowest BCUT2D eigenvalue weighted by Gasteiger charge is -2.38. The number of nitrogens with zero attached hydrogens (tertiary/aromatic N) is 2. The number of ether oxygens (including phenoxy) is 2. The highest BCUT2D eigenvalue weighted by Gasteiger charge is 2.34. The molecule has 0 bridgehead atoms. The Morgan fingerprint density at radius 1 is 1.00 bits per heavy atom. The first-order chi connectivity index (χ1) is 22.2. The van der Waals surface area contributed by atoms with Gasteiger partial charge in [0, 0.05) is 25.6 Å². The molecule has 3 atom stereocenters. The Balaban J connectivity index is 1.34. The summed E-state index contributed by atoms with van der Waals surface area (Å²) in [6.07, 6.45) is -0.315. The van der Waals surface area contributed by atoms with Gasteiger partial charge in [-0.25, -0.2) is 4.39 Å². The van der Waals surface area contributed by atoms with E-state index in [2.05, 4.69) is 10.2 Å². The maximum Gasteiger partial charge on any atom is 0.258 e. The zero-order valence-electron chi connectivity index (χ0n) is 26.4. The topological polar surface area (TPSA) is 91.3 Å². The van der Waals surface area contributed by atoms with Gasteiger partial charge in [0.05, 0.1) is 30.3 Å². The number of rotatable bonds is 11. The zero-order valence-corrected chi connectivity index (χ0v) is 26.4. The molecule has 0 spiro atoms. The van der Waals surface area contributed by atoms with Crippen LogP contribution in [0, 0.1) is 11.7 Å². The van der Waals surface area contributed by atoms with Crippen molar-refractivity contribution in [2.45, 2.75) is 39.0 Å². The van der Waals surface area contributed by atoms with Gasteiger partial charge in [0.2, 0.25) is 5.91 Å². The van der Waals surface area contributed by atoms with Crippen molar-refractivity contribution in [3.63, 3.8) is 0 Å². The number of fused-ring (bicyclic) bond motifs is 1. The van der Waals surface area contributed by atoms with Crippen LogP contribution in [0.2, 0.25) is 0 Å². The van der Waals surface area contributed by atoms with Crippen LogP contribution in [0.4, 0.5) is 10.1 Å². The zero-order chi connectivity index (χ0) is 32.6. The molecule has 9 heteroatoms. The fourth-order valence-electron chi connectivity index (χ4n) is 5.51. The largest absolute Gasteiger partial charge is 0.486 e. The standard InChI is InChI=1S/C37H40FN3O5/c1-25-21-41(26(2)24-42)37(44)32-10-7-11-33(39-35(43)20-27-12-16-29(38)17-13-27)36(32)46-34(25)23-40(3)22-28-14-18-31(19-15-28)45-30-8-5-4-6-9-30/h4-19,25-26,34,42H,20-24H2,1-3H3,(H,39,43)/t25-,26?,34-/m1/s1. The summed E-state index contributed by atoms with van der Waals surface area (Å²) in [5.41, 5.74) is 2.45. The summed E-state index contributed by atoms with van der Waals surface area (Å²) in [4.78, 5) is 30.7. The minimum Gasteiger partial charge on any atom is -0.486 e. The van der Waals surface area contributed by atoms with Crippen LogP contribution >= 0.6 is 0 Å². The second-order valence-corrected chi connectivity index (χ2v) is 11.9. The molecule has 4 aromatic carbocycles. The summed E-state index contributed by atoms with van der Waals surface area (Å²) in [6, 6.07) is 28.0. The van der Waals surface area contributed by atoms with E-state index in [1.807, 2.05) is 75.5 Å². The van der Waals surface area contributed by atoms with Gasteiger partial charge in [-0.2, -0.15) is 0 Å². The maximum absolute atomic E-state index is 13.8. The van der Waals surface area contributed by atoms with Crippen molar-refractivity contribution < 1.29 is 28.6 Å². The molecule has 0 fully saturated rings. The number of aliphatic hydroxyl groups is 1. The molecular formula is C37H40FN3O5. The van der Waals surface area contributed by atoms with Crippen molar-refractivity contribution in [2.24, 2.45) is 5.92 Å². The smallest absolute Gasteiger partial charge is 0.258 e. The Bertz CT molecular complexity index is 1610. The summed E-state index contributed by atoms with van der Waals surface area (Å²) in [5, 5.41) is 12.9. The van der Waals surface area contributed by atoms with E-state index in [1.165, 1.54) is 12.1 Å². The molecule has 1 aliphatic heterocycles. The van der Waals surface area contributed by atoms with Gasteiger partial charge >= 0.3 is 0 Å². The summed E-state index contributed by atoms with van der Waals surface area (Å²) < 4.78 is 25.9. The van der Waals surface area contributed by atoms with E-state index in [1.54, 1.807) is 35.2 Å². The third-order valence-electron chi connectivity index (χ3n) is 8.09. The van der Waals surface area contributed by atoms with E-state index in [4.69, 9.17) is 9.47 Å². The molecular weight excluding hydrogens is 585 g/mol. The molecule has 2 amide bonds. The van der Waals surface area contributed by atoms with Crippen molar-refractivity contribution in [3.05, 3.63) is 120 Å². The summed E-state index contributed by atoms with van der Waals surface area (Å²) >= 11 is 0. The molecule has 8 nitrogen and oxygen atoms in total. The number of anilines is 1. The monoisotopic (exact) mass is 625 g/mol. The normalized spacial score (nSPS) is 17.0. The molecule has 2 N–H and O–H groups in total. The molecule has 46 heavy (non-hydrogen) atoms. The van der Waals surface area contributed by atoms with E-state index in [0.29, 0.717) is 42.2 Å². The Morgan fingerprint density at radius 3 is 2.37 bits per heavy atom. The molecule has 0 aromatic heterocycles. The number of para-hydroxylation sites is 2. The van der Waals surface area contributed by atoms with Gasteiger partial charge in [0.25, 0.3) is 5.91 Å². The average molecular weight is 626 g/mol. The van der Waals surface area contributed by atoms with Crippen LogP contribution in [0.3, 0.4) is 0 Å². The third-order valence-corrected chi connectivity index (χ3v) is 8.09. The Kier molecular flexibility index (Phi) is 10.7. The quantitative estimate of drug-likeness (QED) is 0.208. The number of hydrogen-bond acceptors (Lipinski definition) is 6. The van der Waals surface area contributed by atoms with Crippen molar-refractivity contribution >= 4 is 17.5 Å². The SMILES string of the molecule is CC(CO)N1C[C@@H](C)[C@@H](CN(C)Cc2ccc(Oc3ccccc3)cc2)Oc2c(NC(=O)Cc3ccc(F)cc3)cccc2C1=O. The molecule has 1 unspecified atom stereocenters. The number of carbonyl (C=O) groups is 2. The minimum atomic E-state index is -0.410. The first kappa shape index (κ1) is 32.7. The van der Waals surface area contributed by atoms with E-state index in [-0.39, 0.29) is 42.7 Å². The second kappa shape index (κ2) is 15.0. The van der Waals surface area contributed by atoms with Crippen LogP contribution in [0.5, 0.6) is 17.2 Å². The van der Waals surface area contributed by atoms with Crippen molar-refractivity contribution in [1.29, 1.82) is 0 Å². The van der Waals surface area contributed by atoms with E-state index in [0.717, 1.165) is 17.1 Å². The van der Waals surface area contributed by atoms with Crippen LogP contribution in [0.25, 0.3) is 0 Å². The van der Waals surface area contributed by atoms with Crippen LogP contribution in [-0.2, 0) is 17.8 Å². The number of likely N-dealkylation sites (N-methyl/N-ethyl adjacent to an activating group) is 1. The molecule has 0 aliphatic carbocycles. The van der Waals surface area contributed by atoms with Gasteiger partial charge in [0.15, 0.2) is 5.75 Å². The highest BCUT2D eigenvalue weighted by molar-refractivity contribution is 6.02. The molecule has 1 aliphatic rings. The van der Waals surface area contributed by atoms with Crippen molar-refractivity contribution in [3.8, 4) is 17.2 Å². The van der Waals surface area contributed by atoms with Crippen LogP contribution < -0.4 is 14.8 Å². The van der Waals surface area contributed by atoms with E-state index in [9.17, 15) is 19.1 Å². The van der Waals surface area contributed by atoms with Gasteiger partial charge in [-0.05, 0) is 73.6 Å². The fraction of sp³-hybridized carbons (Fsp3) is 0.297.